The number of carbonyl (C=O) groups is 2. The monoisotopic (exact) mass is 247 g/mol. The number of carbonyl (C=O) groups excluding carboxylic acids is 1. The van der Waals surface area contributed by atoms with E-state index in [9.17, 15) is 9.59 Å². The highest BCUT2D eigenvalue weighted by atomic mass is 16.4. The van der Waals surface area contributed by atoms with Crippen molar-refractivity contribution in [1.82, 2.24) is 5.32 Å². The molecule has 0 saturated heterocycles. The number of hydrogen-bond acceptors (Lipinski definition) is 2. The molecule has 0 aromatic heterocycles. The molecule has 1 saturated carbocycles. The Morgan fingerprint density at radius 2 is 1.89 bits per heavy atom. The third-order valence-corrected chi connectivity index (χ3v) is 3.11. The summed E-state index contributed by atoms with van der Waals surface area (Å²) in [5, 5.41) is 11.6. The lowest BCUT2D eigenvalue weighted by Crippen LogP contribution is -2.25. The average Bonchev–Trinajstić information content (AvgIpc) is 3.13. The molecule has 0 radical (unpaired) electrons. The third kappa shape index (κ3) is 3.87. The molecule has 0 bridgehead atoms. The molecule has 96 valence electrons. The van der Waals surface area contributed by atoms with Crippen molar-refractivity contribution in [1.29, 1.82) is 0 Å². The number of benzene rings is 1. The SMILES string of the molecule is O=C(CC1CC1)NCCc1ccc(C(=O)O)cc1. The van der Waals surface area contributed by atoms with Crippen LogP contribution < -0.4 is 5.32 Å². The smallest absolute Gasteiger partial charge is 0.335 e. The van der Waals surface area contributed by atoms with Crippen LogP contribution in [0.4, 0.5) is 0 Å². The summed E-state index contributed by atoms with van der Waals surface area (Å²) in [4.78, 5) is 22.1. The lowest BCUT2D eigenvalue weighted by molar-refractivity contribution is -0.121. The van der Waals surface area contributed by atoms with Gasteiger partial charge in [-0.1, -0.05) is 12.1 Å². The van der Waals surface area contributed by atoms with Crippen molar-refractivity contribution in [2.75, 3.05) is 6.54 Å². The minimum Gasteiger partial charge on any atom is -0.478 e. The van der Waals surface area contributed by atoms with Gasteiger partial charge in [0.05, 0.1) is 5.56 Å². The van der Waals surface area contributed by atoms with Crippen molar-refractivity contribution < 1.29 is 14.7 Å². The van der Waals surface area contributed by atoms with Crippen LogP contribution in [0.2, 0.25) is 0 Å². The summed E-state index contributed by atoms with van der Waals surface area (Å²) in [6.07, 6.45) is 3.75. The van der Waals surface area contributed by atoms with Crippen LogP contribution in [0.5, 0.6) is 0 Å². The minimum absolute atomic E-state index is 0.125. The Morgan fingerprint density at radius 1 is 1.22 bits per heavy atom. The van der Waals surface area contributed by atoms with Crippen LogP contribution in [0.3, 0.4) is 0 Å². The van der Waals surface area contributed by atoms with E-state index >= 15 is 0 Å². The molecular formula is C14H17NO3. The van der Waals surface area contributed by atoms with Crippen molar-refractivity contribution in [2.45, 2.75) is 25.7 Å². The van der Waals surface area contributed by atoms with Gasteiger partial charge < -0.3 is 10.4 Å². The molecule has 0 spiro atoms. The van der Waals surface area contributed by atoms with Crippen LogP contribution in [-0.2, 0) is 11.2 Å². The number of carboxylic acids is 1. The molecule has 0 atom stereocenters. The number of aromatic carboxylic acids is 1. The predicted molar refractivity (Wildman–Crippen MR) is 67.5 cm³/mol. The zero-order chi connectivity index (χ0) is 13.0. The highest BCUT2D eigenvalue weighted by molar-refractivity contribution is 5.87. The van der Waals surface area contributed by atoms with Crippen molar-refractivity contribution in [3.63, 3.8) is 0 Å². The van der Waals surface area contributed by atoms with Crippen LogP contribution in [0, 0.1) is 5.92 Å². The summed E-state index contributed by atoms with van der Waals surface area (Å²) >= 11 is 0. The largest absolute Gasteiger partial charge is 0.478 e. The quantitative estimate of drug-likeness (QED) is 0.806. The fourth-order valence-electron chi connectivity index (χ4n) is 1.82. The van der Waals surface area contributed by atoms with E-state index in [-0.39, 0.29) is 11.5 Å². The topological polar surface area (TPSA) is 66.4 Å². The molecule has 18 heavy (non-hydrogen) atoms. The zero-order valence-corrected chi connectivity index (χ0v) is 10.2. The van der Waals surface area contributed by atoms with Gasteiger partial charge in [0.1, 0.15) is 0 Å². The lowest BCUT2D eigenvalue weighted by atomic mass is 10.1. The summed E-state index contributed by atoms with van der Waals surface area (Å²) in [6.45, 7) is 0.609. The van der Waals surface area contributed by atoms with Crippen molar-refractivity contribution >= 4 is 11.9 Å². The zero-order valence-electron chi connectivity index (χ0n) is 10.2. The molecule has 1 aromatic carbocycles. The van der Waals surface area contributed by atoms with Gasteiger partial charge in [0, 0.05) is 13.0 Å². The van der Waals surface area contributed by atoms with Gasteiger partial charge in [0.15, 0.2) is 0 Å². The molecule has 4 nitrogen and oxygen atoms in total. The van der Waals surface area contributed by atoms with Crippen LogP contribution in [0.1, 0.15) is 35.2 Å². The molecule has 2 rings (SSSR count). The van der Waals surface area contributed by atoms with E-state index in [2.05, 4.69) is 5.32 Å². The molecule has 2 N–H and O–H groups in total. The summed E-state index contributed by atoms with van der Waals surface area (Å²) in [7, 11) is 0. The Kier molecular flexibility index (Phi) is 3.97. The van der Waals surface area contributed by atoms with Crippen LogP contribution in [0.15, 0.2) is 24.3 Å². The Morgan fingerprint density at radius 3 is 2.44 bits per heavy atom. The Hall–Kier alpha value is -1.84. The first-order valence-electron chi connectivity index (χ1n) is 6.24. The molecule has 1 aromatic rings. The first-order chi connectivity index (χ1) is 8.65. The van der Waals surface area contributed by atoms with Gasteiger partial charge in [-0.25, -0.2) is 4.79 Å². The van der Waals surface area contributed by atoms with Gasteiger partial charge in [0.25, 0.3) is 0 Å². The standard InChI is InChI=1S/C14H17NO3/c16-13(9-11-1-2-11)15-8-7-10-3-5-12(6-4-10)14(17)18/h3-6,11H,1-2,7-9H2,(H,15,16)(H,17,18). The van der Waals surface area contributed by atoms with Crippen LogP contribution >= 0.6 is 0 Å². The van der Waals surface area contributed by atoms with Gasteiger partial charge in [-0.15, -0.1) is 0 Å². The summed E-state index contributed by atoms with van der Waals surface area (Å²) in [5.41, 5.74) is 1.32. The van der Waals surface area contributed by atoms with Gasteiger partial charge in [-0.05, 0) is 42.9 Å². The average molecular weight is 247 g/mol. The maximum absolute atomic E-state index is 11.4. The first-order valence-corrected chi connectivity index (χ1v) is 6.24. The molecule has 0 aliphatic heterocycles. The van der Waals surface area contributed by atoms with Gasteiger partial charge in [0.2, 0.25) is 5.91 Å². The van der Waals surface area contributed by atoms with Crippen molar-refractivity contribution in [3.8, 4) is 0 Å². The summed E-state index contributed by atoms with van der Waals surface area (Å²) in [6, 6.07) is 6.75. The second kappa shape index (κ2) is 5.67. The molecule has 0 heterocycles. The molecule has 0 unspecified atom stereocenters. The van der Waals surface area contributed by atoms with Crippen LogP contribution in [-0.4, -0.2) is 23.5 Å². The minimum atomic E-state index is -0.917. The predicted octanol–water partition coefficient (Wildman–Crippen LogP) is 1.84. The molecule has 1 aliphatic carbocycles. The lowest BCUT2D eigenvalue weighted by Gasteiger charge is -2.05. The van der Waals surface area contributed by atoms with Crippen LogP contribution in [0.25, 0.3) is 0 Å². The number of carboxylic acid groups (broad SMARTS) is 1. The molecule has 1 aliphatic rings. The Labute approximate surface area is 106 Å². The number of hydrogen-bond donors (Lipinski definition) is 2. The van der Waals surface area contributed by atoms with E-state index in [1.165, 1.54) is 12.8 Å². The van der Waals surface area contributed by atoms with Gasteiger partial charge >= 0.3 is 5.97 Å². The van der Waals surface area contributed by atoms with E-state index in [0.717, 1.165) is 12.0 Å². The van der Waals surface area contributed by atoms with Crippen molar-refractivity contribution in [2.24, 2.45) is 5.92 Å². The summed E-state index contributed by atoms with van der Waals surface area (Å²) in [5.74, 6) is -0.182. The van der Waals surface area contributed by atoms with Gasteiger partial charge in [-0.3, -0.25) is 4.79 Å². The normalized spacial score (nSPS) is 14.2. The molecule has 1 fully saturated rings. The maximum atomic E-state index is 11.4. The molecule has 4 heteroatoms. The highest BCUT2D eigenvalue weighted by Gasteiger charge is 2.23. The van der Waals surface area contributed by atoms with Gasteiger partial charge in [-0.2, -0.15) is 0 Å². The first kappa shape index (κ1) is 12.6. The Balaban J connectivity index is 1.72. The van der Waals surface area contributed by atoms with E-state index < -0.39 is 5.97 Å². The summed E-state index contributed by atoms with van der Waals surface area (Å²) < 4.78 is 0. The second-order valence-electron chi connectivity index (χ2n) is 4.75. The Bertz CT molecular complexity index is 435. The third-order valence-electron chi connectivity index (χ3n) is 3.11. The van der Waals surface area contributed by atoms with E-state index in [0.29, 0.717) is 18.9 Å². The number of rotatable bonds is 6. The number of nitrogens with one attached hydrogen (secondary N) is 1. The maximum Gasteiger partial charge on any atom is 0.335 e. The fraction of sp³-hybridized carbons (Fsp3) is 0.429. The molecule has 1 amide bonds. The van der Waals surface area contributed by atoms with E-state index in [4.69, 9.17) is 5.11 Å². The fourth-order valence-corrected chi connectivity index (χ4v) is 1.82. The van der Waals surface area contributed by atoms with E-state index in [1.54, 1.807) is 24.3 Å². The highest BCUT2D eigenvalue weighted by Crippen LogP contribution is 2.31. The number of amides is 1. The van der Waals surface area contributed by atoms with Crippen molar-refractivity contribution in [3.05, 3.63) is 35.4 Å². The second-order valence-corrected chi connectivity index (χ2v) is 4.75. The van der Waals surface area contributed by atoms with E-state index in [1.807, 2.05) is 0 Å². The molecular weight excluding hydrogens is 230 g/mol.